The van der Waals surface area contributed by atoms with Crippen molar-refractivity contribution in [3.63, 3.8) is 0 Å². The van der Waals surface area contributed by atoms with Gasteiger partial charge in [0.25, 0.3) is 0 Å². The number of likely N-dealkylation sites (tertiary alicyclic amines) is 1. The van der Waals surface area contributed by atoms with Crippen LogP contribution in [-0.2, 0) is 17.8 Å². The molecule has 3 aliphatic heterocycles. The van der Waals surface area contributed by atoms with Crippen molar-refractivity contribution in [1.29, 1.82) is 5.26 Å². The molecule has 0 saturated carbocycles. The normalized spacial score (nSPS) is 20.0. The van der Waals surface area contributed by atoms with E-state index in [9.17, 15) is 14.3 Å². The van der Waals surface area contributed by atoms with Crippen LogP contribution >= 0.6 is 0 Å². The van der Waals surface area contributed by atoms with Crippen LogP contribution in [0.2, 0.25) is 0 Å². The lowest BCUT2D eigenvalue weighted by Crippen LogP contribution is -2.35. The van der Waals surface area contributed by atoms with Crippen LogP contribution in [0.4, 0.5) is 4.39 Å². The zero-order chi connectivity index (χ0) is 31.1. The molecule has 1 N–H and O–H groups in total. The highest BCUT2D eigenvalue weighted by Crippen LogP contribution is 2.44. The van der Waals surface area contributed by atoms with Gasteiger partial charge in [-0.1, -0.05) is 18.2 Å². The van der Waals surface area contributed by atoms with Gasteiger partial charge in [-0.25, -0.2) is 14.2 Å². The first kappa shape index (κ1) is 29.1. The van der Waals surface area contributed by atoms with E-state index in [2.05, 4.69) is 15.5 Å². The average molecular weight is 613 g/mol. The summed E-state index contributed by atoms with van der Waals surface area (Å²) in [4.78, 5) is 19.1. The maximum Gasteiger partial charge on any atom is 0.335 e. The van der Waals surface area contributed by atoms with Gasteiger partial charge in [0.1, 0.15) is 29.5 Å². The number of carboxylic acids is 1. The molecule has 3 aliphatic rings. The highest BCUT2D eigenvalue weighted by atomic mass is 19.1. The second-order valence-electron chi connectivity index (χ2n) is 11.8. The Morgan fingerprint density at radius 2 is 1.98 bits per heavy atom. The van der Waals surface area contributed by atoms with E-state index in [1.807, 2.05) is 18.2 Å². The van der Waals surface area contributed by atoms with Crippen molar-refractivity contribution in [1.82, 2.24) is 14.5 Å². The largest absolute Gasteiger partial charge is 0.494 e. The zero-order valence-corrected chi connectivity index (χ0v) is 24.9. The Bertz CT molecular complexity index is 1800. The van der Waals surface area contributed by atoms with Crippen LogP contribution in [0.5, 0.6) is 17.2 Å². The summed E-state index contributed by atoms with van der Waals surface area (Å²) in [5.74, 6) is 1.38. The summed E-state index contributed by atoms with van der Waals surface area (Å²) in [7, 11) is 1.53. The fourth-order valence-electron chi connectivity index (χ4n) is 6.54. The third-order valence-corrected chi connectivity index (χ3v) is 9.07. The molecule has 4 heterocycles. The highest BCUT2D eigenvalue weighted by molar-refractivity contribution is 5.95. The number of hydrogen-bond acceptors (Lipinski definition) is 8. The number of carboxylic acid groups (broad SMARTS) is 1. The number of nitrogens with zero attached hydrogens (tertiary/aromatic N) is 4. The maximum atomic E-state index is 14.7. The van der Waals surface area contributed by atoms with Crippen molar-refractivity contribution in [3.05, 3.63) is 82.4 Å². The Kier molecular flexibility index (Phi) is 7.77. The molecule has 0 unspecified atom stereocenters. The molecular formula is C34H33FN4O6. The van der Waals surface area contributed by atoms with Crippen LogP contribution in [0.15, 0.2) is 48.5 Å². The number of nitriles is 1. The lowest BCUT2D eigenvalue weighted by atomic mass is 9.88. The van der Waals surface area contributed by atoms with Crippen LogP contribution in [0.25, 0.3) is 11.0 Å². The lowest BCUT2D eigenvalue weighted by molar-refractivity contribution is -0.0592. The first-order valence-corrected chi connectivity index (χ1v) is 15.2. The quantitative estimate of drug-likeness (QED) is 0.278. The number of aromatic carboxylic acids is 1. The molecule has 0 bridgehead atoms. The number of aromatic nitrogens is 2. The fraction of sp³-hybridized carbons (Fsp3) is 0.382. The molecule has 3 aromatic carbocycles. The number of benzene rings is 3. The Balaban J connectivity index is 1.07. The summed E-state index contributed by atoms with van der Waals surface area (Å²) in [6.45, 7) is 3.82. The van der Waals surface area contributed by atoms with Gasteiger partial charge >= 0.3 is 5.97 Å². The summed E-state index contributed by atoms with van der Waals surface area (Å²) in [6, 6.07) is 15.4. The zero-order valence-electron chi connectivity index (χ0n) is 24.9. The molecule has 2 atom stereocenters. The van der Waals surface area contributed by atoms with Gasteiger partial charge in [0, 0.05) is 17.7 Å². The van der Waals surface area contributed by atoms with E-state index in [0.29, 0.717) is 41.4 Å². The third kappa shape index (κ3) is 5.56. The van der Waals surface area contributed by atoms with Gasteiger partial charge < -0.3 is 28.6 Å². The summed E-state index contributed by atoms with van der Waals surface area (Å²) < 4.78 is 40.5. The molecule has 45 heavy (non-hydrogen) atoms. The van der Waals surface area contributed by atoms with E-state index >= 15 is 0 Å². The molecule has 1 aromatic heterocycles. The molecule has 10 nitrogen and oxygen atoms in total. The number of para-hydroxylation sites is 1. The molecule has 4 aromatic rings. The molecule has 11 heteroatoms. The van der Waals surface area contributed by atoms with Crippen LogP contribution in [-0.4, -0.2) is 65.0 Å². The monoisotopic (exact) mass is 612 g/mol. The molecule has 0 spiro atoms. The number of hydrogen-bond donors (Lipinski definition) is 1. The number of piperidine rings is 1. The number of rotatable bonds is 8. The Morgan fingerprint density at radius 3 is 2.67 bits per heavy atom. The summed E-state index contributed by atoms with van der Waals surface area (Å²) >= 11 is 0. The van der Waals surface area contributed by atoms with Gasteiger partial charge in [-0.2, -0.15) is 5.26 Å². The summed E-state index contributed by atoms with van der Waals surface area (Å²) in [6.07, 6.45) is 2.25. The highest BCUT2D eigenvalue weighted by Gasteiger charge is 2.31. The molecule has 7 rings (SSSR count). The number of carbonyl (C=O) groups is 1. The summed E-state index contributed by atoms with van der Waals surface area (Å²) in [5, 5.41) is 18.8. The third-order valence-electron chi connectivity index (χ3n) is 9.07. The van der Waals surface area contributed by atoms with Gasteiger partial charge in [-0.15, -0.1) is 0 Å². The second-order valence-corrected chi connectivity index (χ2v) is 11.8. The van der Waals surface area contributed by atoms with Crippen LogP contribution in [0.1, 0.15) is 64.2 Å². The minimum Gasteiger partial charge on any atom is -0.494 e. The smallest absolute Gasteiger partial charge is 0.335 e. The first-order chi connectivity index (χ1) is 21.9. The van der Waals surface area contributed by atoms with Crippen LogP contribution in [0.3, 0.4) is 0 Å². The number of imidazole rings is 1. The number of halogens is 1. The van der Waals surface area contributed by atoms with Gasteiger partial charge in [-0.05, 0) is 68.6 Å². The first-order valence-electron chi connectivity index (χ1n) is 15.2. The second kappa shape index (κ2) is 12.0. The van der Waals surface area contributed by atoms with Crippen molar-refractivity contribution in [2.45, 2.75) is 50.5 Å². The Morgan fingerprint density at radius 1 is 1.16 bits per heavy atom. The Hall–Kier alpha value is -4.66. The van der Waals surface area contributed by atoms with Crippen LogP contribution < -0.4 is 14.2 Å². The molecule has 0 aliphatic carbocycles. The number of methoxy groups -OCH3 is 1. The SMILES string of the molecule is COc1cc(C(=O)O)cc2c1nc(CN1CCC(c3cccc4c3OC[C@@H](c3ccc(C#N)cc3F)O4)CC1)n2C[C@@H]1CCO1. The standard InChI is InChI=1S/C34H33FN4O6/c1-42-29-15-22(34(40)41)14-27-32(29)37-31(39(27)17-23-9-12-43-23)18-38-10-7-21(8-11-38)24-3-2-4-28-33(24)44-19-30(45-28)25-6-5-20(16-36)13-26(25)35/h2-6,13-15,21,23,30H,7-12,17-19H2,1H3,(H,40,41)/t23-,30-/m0/s1. The molecule has 2 saturated heterocycles. The van der Waals surface area contributed by atoms with Crippen molar-refractivity contribution < 1.29 is 33.2 Å². The molecule has 0 radical (unpaired) electrons. The van der Waals surface area contributed by atoms with E-state index in [1.54, 1.807) is 18.2 Å². The van der Waals surface area contributed by atoms with E-state index in [-0.39, 0.29) is 29.8 Å². The van der Waals surface area contributed by atoms with Gasteiger partial charge in [-0.3, -0.25) is 4.90 Å². The van der Waals surface area contributed by atoms with Gasteiger partial charge in [0.05, 0.1) is 49.0 Å². The maximum absolute atomic E-state index is 14.7. The van der Waals surface area contributed by atoms with Gasteiger partial charge in [0.2, 0.25) is 0 Å². The minimum absolute atomic E-state index is 0.0749. The van der Waals surface area contributed by atoms with Crippen molar-refractivity contribution in [2.75, 3.05) is 33.4 Å². The van der Waals surface area contributed by atoms with E-state index in [0.717, 1.165) is 55.9 Å². The lowest BCUT2D eigenvalue weighted by Gasteiger charge is -2.35. The Labute approximate surface area is 259 Å². The minimum atomic E-state index is -1.01. The van der Waals surface area contributed by atoms with Crippen molar-refractivity contribution in [2.24, 2.45) is 0 Å². The molecule has 232 valence electrons. The van der Waals surface area contributed by atoms with E-state index in [1.165, 1.54) is 19.2 Å². The van der Waals surface area contributed by atoms with Crippen molar-refractivity contribution >= 4 is 17.0 Å². The van der Waals surface area contributed by atoms with E-state index in [4.69, 9.17) is 29.2 Å². The molecular weight excluding hydrogens is 579 g/mol. The summed E-state index contributed by atoms with van der Waals surface area (Å²) in [5.41, 5.74) is 3.27. The molecule has 2 fully saturated rings. The number of ether oxygens (including phenoxy) is 4. The average Bonchev–Trinajstić information content (AvgIpc) is 3.38. The molecule has 0 amide bonds. The number of fused-ring (bicyclic) bond motifs is 2. The van der Waals surface area contributed by atoms with Crippen molar-refractivity contribution in [3.8, 4) is 23.3 Å². The topological polar surface area (TPSA) is 119 Å². The van der Waals surface area contributed by atoms with E-state index < -0.39 is 17.9 Å². The fourth-order valence-corrected chi connectivity index (χ4v) is 6.54. The van der Waals surface area contributed by atoms with Gasteiger partial charge in [0.15, 0.2) is 17.6 Å². The predicted molar refractivity (Wildman–Crippen MR) is 161 cm³/mol. The van der Waals surface area contributed by atoms with Crippen LogP contribution in [0, 0.1) is 17.1 Å². The predicted octanol–water partition coefficient (Wildman–Crippen LogP) is 5.43.